The van der Waals surface area contributed by atoms with Crippen molar-refractivity contribution in [1.29, 1.82) is 0 Å². The minimum absolute atomic E-state index is 0.125. The van der Waals surface area contributed by atoms with Crippen LogP contribution in [-0.4, -0.2) is 41.7 Å². The molecule has 146 valence electrons. The van der Waals surface area contributed by atoms with Crippen molar-refractivity contribution in [2.75, 3.05) is 6.54 Å². The van der Waals surface area contributed by atoms with Gasteiger partial charge in [0.25, 0.3) is 5.91 Å². The second-order valence-electron chi connectivity index (χ2n) is 6.91. The highest BCUT2D eigenvalue weighted by atomic mass is 19.1. The molecule has 4 heterocycles. The molecule has 0 N–H and O–H groups in total. The fraction of sp³-hybridized carbons (Fsp3) is 0.200. The van der Waals surface area contributed by atoms with Crippen molar-refractivity contribution in [1.82, 2.24) is 29.3 Å². The van der Waals surface area contributed by atoms with Crippen LogP contribution in [0.25, 0.3) is 17.0 Å². The maximum absolute atomic E-state index is 14.9. The van der Waals surface area contributed by atoms with Crippen molar-refractivity contribution >= 4 is 11.4 Å². The average Bonchev–Trinajstić information content (AvgIpc) is 3.30. The van der Waals surface area contributed by atoms with E-state index in [2.05, 4.69) is 15.3 Å². The molecular weight excluding hydrogens is 378 g/mol. The summed E-state index contributed by atoms with van der Waals surface area (Å²) >= 11 is 0. The zero-order chi connectivity index (χ0) is 20.1. The Hall–Kier alpha value is -3.62. The Kier molecular flexibility index (Phi) is 3.90. The second-order valence-corrected chi connectivity index (χ2v) is 6.91. The Morgan fingerprint density at radius 1 is 1.07 bits per heavy atom. The molecule has 9 heteroatoms. The summed E-state index contributed by atoms with van der Waals surface area (Å²) in [4.78, 5) is 14.5. The van der Waals surface area contributed by atoms with Crippen molar-refractivity contribution in [2.24, 2.45) is 0 Å². The molecule has 0 fully saturated rings. The molecule has 1 amide bonds. The molecule has 0 saturated heterocycles. The topological polar surface area (TPSA) is 68.3 Å². The number of nitrogens with zero attached hydrogens (tertiary/aromatic N) is 6. The third-order valence-electron chi connectivity index (χ3n) is 5.23. The first-order chi connectivity index (χ1) is 14.0. The van der Waals surface area contributed by atoms with Gasteiger partial charge in [-0.25, -0.2) is 13.3 Å². The van der Waals surface area contributed by atoms with Crippen molar-refractivity contribution in [2.45, 2.75) is 19.5 Å². The Bertz CT molecular complexity index is 1230. The maximum Gasteiger partial charge on any atom is 0.254 e. The Labute approximate surface area is 164 Å². The standard InChI is InChI=1S/C20H16F2N6O/c1-12-18-23-24-19(17-16(22)15-4-2-3-9-28(15)25-17)27(18)11-10-26(12)20(29)13-5-7-14(21)8-6-13/h2-9,12H,10-11H2,1H3/t12-/m1/s1. The Balaban J connectivity index is 1.50. The van der Waals surface area contributed by atoms with Crippen LogP contribution in [0.3, 0.4) is 0 Å². The van der Waals surface area contributed by atoms with E-state index in [1.165, 1.54) is 28.8 Å². The minimum Gasteiger partial charge on any atom is -0.327 e. The van der Waals surface area contributed by atoms with E-state index in [-0.39, 0.29) is 17.6 Å². The van der Waals surface area contributed by atoms with Crippen LogP contribution in [0.15, 0.2) is 48.7 Å². The van der Waals surface area contributed by atoms with Gasteiger partial charge < -0.3 is 9.47 Å². The lowest BCUT2D eigenvalue weighted by molar-refractivity contribution is 0.0638. The monoisotopic (exact) mass is 394 g/mol. The number of fused-ring (bicyclic) bond motifs is 2. The van der Waals surface area contributed by atoms with E-state index >= 15 is 0 Å². The molecule has 1 aliphatic heterocycles. The predicted molar refractivity (Wildman–Crippen MR) is 100 cm³/mol. The number of pyridine rings is 1. The van der Waals surface area contributed by atoms with E-state index < -0.39 is 11.6 Å². The second kappa shape index (κ2) is 6.47. The fourth-order valence-electron chi connectivity index (χ4n) is 3.71. The smallest absolute Gasteiger partial charge is 0.254 e. The molecule has 0 radical (unpaired) electrons. The SMILES string of the molecule is C[C@@H]1c2nnc(-c3nn4ccccc4c3F)n2CCN1C(=O)c1ccc(F)cc1. The van der Waals surface area contributed by atoms with Crippen LogP contribution in [-0.2, 0) is 6.54 Å². The third kappa shape index (κ3) is 2.69. The molecule has 0 saturated carbocycles. The van der Waals surface area contributed by atoms with Gasteiger partial charge in [-0.3, -0.25) is 4.79 Å². The number of carbonyl (C=O) groups excluding carboxylic acids is 1. The summed E-state index contributed by atoms with van der Waals surface area (Å²) in [6.45, 7) is 2.64. The van der Waals surface area contributed by atoms with Crippen LogP contribution < -0.4 is 0 Å². The van der Waals surface area contributed by atoms with Gasteiger partial charge in [0, 0.05) is 24.8 Å². The van der Waals surface area contributed by atoms with Gasteiger partial charge in [-0.2, -0.15) is 5.10 Å². The number of halogens is 2. The van der Waals surface area contributed by atoms with Gasteiger partial charge in [-0.1, -0.05) is 6.07 Å². The highest BCUT2D eigenvalue weighted by Crippen LogP contribution is 2.30. The highest BCUT2D eigenvalue weighted by molar-refractivity contribution is 5.94. The fourth-order valence-corrected chi connectivity index (χ4v) is 3.71. The van der Waals surface area contributed by atoms with Gasteiger partial charge in [0.1, 0.15) is 11.3 Å². The van der Waals surface area contributed by atoms with Crippen molar-refractivity contribution in [3.8, 4) is 11.5 Å². The molecule has 1 aliphatic rings. The summed E-state index contributed by atoms with van der Waals surface area (Å²) in [6.07, 6.45) is 1.67. The normalized spacial score (nSPS) is 16.2. The van der Waals surface area contributed by atoms with Gasteiger partial charge >= 0.3 is 0 Å². The van der Waals surface area contributed by atoms with E-state index in [0.29, 0.717) is 35.8 Å². The van der Waals surface area contributed by atoms with E-state index in [0.717, 1.165) is 0 Å². The van der Waals surface area contributed by atoms with Crippen LogP contribution in [0.5, 0.6) is 0 Å². The van der Waals surface area contributed by atoms with Crippen LogP contribution in [0.1, 0.15) is 29.1 Å². The zero-order valence-corrected chi connectivity index (χ0v) is 15.5. The number of amides is 1. The highest BCUT2D eigenvalue weighted by Gasteiger charge is 2.33. The van der Waals surface area contributed by atoms with Gasteiger partial charge in [-0.15, -0.1) is 10.2 Å². The quantitative estimate of drug-likeness (QED) is 0.524. The molecule has 1 aromatic carbocycles. The molecule has 4 aromatic rings. The Morgan fingerprint density at radius 3 is 2.62 bits per heavy atom. The molecule has 0 unspecified atom stereocenters. The van der Waals surface area contributed by atoms with Gasteiger partial charge in [0.2, 0.25) is 0 Å². The summed E-state index contributed by atoms with van der Waals surface area (Å²) in [5.41, 5.74) is 0.884. The number of aromatic nitrogens is 5. The molecule has 5 rings (SSSR count). The molecule has 7 nitrogen and oxygen atoms in total. The van der Waals surface area contributed by atoms with E-state index in [1.54, 1.807) is 33.9 Å². The number of benzene rings is 1. The van der Waals surface area contributed by atoms with E-state index in [1.807, 2.05) is 6.92 Å². The first-order valence-electron chi connectivity index (χ1n) is 9.17. The van der Waals surface area contributed by atoms with Crippen molar-refractivity contribution in [3.05, 3.63) is 71.7 Å². The van der Waals surface area contributed by atoms with Crippen LogP contribution in [0.2, 0.25) is 0 Å². The number of hydrogen-bond donors (Lipinski definition) is 0. The predicted octanol–water partition coefficient (Wildman–Crippen LogP) is 3.09. The average molecular weight is 394 g/mol. The maximum atomic E-state index is 14.9. The van der Waals surface area contributed by atoms with Crippen LogP contribution in [0.4, 0.5) is 8.78 Å². The Morgan fingerprint density at radius 2 is 1.86 bits per heavy atom. The lowest BCUT2D eigenvalue weighted by Gasteiger charge is -2.33. The zero-order valence-electron chi connectivity index (χ0n) is 15.5. The number of hydrogen-bond acceptors (Lipinski definition) is 4. The number of rotatable bonds is 2. The number of carbonyl (C=O) groups is 1. The van der Waals surface area contributed by atoms with Crippen LogP contribution >= 0.6 is 0 Å². The largest absolute Gasteiger partial charge is 0.327 e. The summed E-state index contributed by atoms with van der Waals surface area (Å²) in [6, 6.07) is 10.2. The minimum atomic E-state index is -0.460. The third-order valence-corrected chi connectivity index (χ3v) is 5.23. The molecule has 0 aliphatic carbocycles. The summed E-state index contributed by atoms with van der Waals surface area (Å²) in [7, 11) is 0. The summed E-state index contributed by atoms with van der Waals surface area (Å²) in [5, 5.41) is 12.7. The van der Waals surface area contributed by atoms with Gasteiger partial charge in [0.15, 0.2) is 23.2 Å². The first-order valence-corrected chi connectivity index (χ1v) is 9.17. The summed E-state index contributed by atoms with van der Waals surface area (Å²) < 4.78 is 31.3. The van der Waals surface area contributed by atoms with Gasteiger partial charge in [0.05, 0.1) is 6.04 Å². The molecular formula is C20H16F2N6O. The van der Waals surface area contributed by atoms with E-state index in [4.69, 9.17) is 0 Å². The van der Waals surface area contributed by atoms with Crippen LogP contribution in [0, 0.1) is 11.6 Å². The van der Waals surface area contributed by atoms with Gasteiger partial charge in [-0.05, 0) is 43.3 Å². The van der Waals surface area contributed by atoms with Crippen molar-refractivity contribution < 1.29 is 13.6 Å². The van der Waals surface area contributed by atoms with Crippen molar-refractivity contribution in [3.63, 3.8) is 0 Å². The lowest BCUT2D eigenvalue weighted by atomic mass is 10.1. The molecule has 1 atom stereocenters. The summed E-state index contributed by atoms with van der Waals surface area (Å²) in [5.74, 6) is -0.183. The molecule has 29 heavy (non-hydrogen) atoms. The molecule has 0 bridgehead atoms. The first kappa shape index (κ1) is 17.5. The molecule has 0 spiro atoms. The molecule has 3 aromatic heterocycles. The van der Waals surface area contributed by atoms with E-state index in [9.17, 15) is 13.6 Å². The lowest BCUT2D eigenvalue weighted by Crippen LogP contribution is -2.41.